The monoisotopic (exact) mass is 400 g/mol. The minimum atomic E-state index is -0.899. The van der Waals surface area contributed by atoms with Crippen LogP contribution in [0.1, 0.15) is 27.7 Å². The largest absolute Gasteiger partial charge is 0.444 e. The van der Waals surface area contributed by atoms with E-state index in [4.69, 9.17) is 19.5 Å². The van der Waals surface area contributed by atoms with E-state index in [0.29, 0.717) is 11.5 Å². The Bertz CT molecular complexity index is 829. The third-order valence-corrected chi connectivity index (χ3v) is 3.37. The third-order valence-electron chi connectivity index (χ3n) is 3.37. The summed E-state index contributed by atoms with van der Waals surface area (Å²) >= 11 is 0. The number of carbonyl (C=O) groups excluding carboxylic acids is 2. The summed E-state index contributed by atoms with van der Waals surface area (Å²) in [5.41, 5.74) is -0.888. The zero-order valence-electron chi connectivity index (χ0n) is 16.7. The number of hydroxylamine groups is 2. The molecule has 154 valence electrons. The van der Waals surface area contributed by atoms with E-state index in [9.17, 15) is 9.59 Å². The van der Waals surface area contributed by atoms with Gasteiger partial charge in [-0.3, -0.25) is 5.32 Å². The minimum Gasteiger partial charge on any atom is -0.444 e. The molecule has 0 fully saturated rings. The van der Waals surface area contributed by atoms with Crippen molar-refractivity contribution in [1.29, 1.82) is 0 Å². The molecule has 0 spiro atoms. The van der Waals surface area contributed by atoms with Crippen LogP contribution < -0.4 is 15.0 Å². The number of amides is 1. The van der Waals surface area contributed by atoms with Gasteiger partial charge in [-0.25, -0.2) is 9.59 Å². The predicted octanol–water partition coefficient (Wildman–Crippen LogP) is 3.84. The van der Waals surface area contributed by atoms with Gasteiger partial charge in [-0.15, -0.1) is 0 Å². The number of hydrogen-bond acceptors (Lipinski definition) is 7. The first-order valence-electron chi connectivity index (χ1n) is 8.95. The zero-order valence-corrected chi connectivity index (χ0v) is 16.7. The van der Waals surface area contributed by atoms with Crippen LogP contribution in [0.5, 0.6) is 11.5 Å². The van der Waals surface area contributed by atoms with Crippen molar-refractivity contribution in [3.8, 4) is 11.5 Å². The molecule has 0 aromatic heterocycles. The highest BCUT2D eigenvalue weighted by Crippen LogP contribution is 2.18. The van der Waals surface area contributed by atoms with E-state index in [1.807, 2.05) is 12.1 Å². The molecule has 29 heavy (non-hydrogen) atoms. The molecule has 1 N–H and O–H groups in total. The number of hydrogen-bond donors (Lipinski definition) is 1. The van der Waals surface area contributed by atoms with Crippen LogP contribution in [0.2, 0.25) is 0 Å². The highest BCUT2D eigenvalue weighted by molar-refractivity contribution is 5.74. The fraction of sp³-hybridized carbons (Fsp3) is 0.286. The highest BCUT2D eigenvalue weighted by atomic mass is 17.3. The molecule has 0 aliphatic heterocycles. The topological polar surface area (TPSA) is 86.3 Å². The number of carbonyl (C=O) groups is 1. The Kier molecular flexibility index (Phi) is 7.79. The van der Waals surface area contributed by atoms with Crippen molar-refractivity contribution < 1.29 is 29.0 Å². The molecule has 2 aromatic carbocycles. The first-order chi connectivity index (χ1) is 13.8. The van der Waals surface area contributed by atoms with E-state index >= 15 is 0 Å². The highest BCUT2D eigenvalue weighted by Gasteiger charge is 2.27. The second kappa shape index (κ2) is 10.3. The van der Waals surface area contributed by atoms with Crippen LogP contribution in [-0.2, 0) is 14.5 Å². The van der Waals surface area contributed by atoms with Crippen molar-refractivity contribution in [2.75, 3.05) is 0 Å². The minimum absolute atomic E-state index is 0.160. The number of nitrogens with zero attached hydrogens (tertiary/aromatic N) is 1. The maximum Gasteiger partial charge on any atom is 0.412 e. The Hall–Kier alpha value is -3.32. The molecule has 8 heteroatoms. The molecule has 0 radical (unpaired) electrons. The number of ether oxygens (including phenoxy) is 1. The SMILES string of the molecule is CC(C(=C=O)NC(=O)OC(C)(C)C)N(OOc1ccccc1)Oc1ccccc1. The molecular weight excluding hydrogens is 376 g/mol. The number of benzene rings is 2. The Balaban J connectivity index is 2.13. The Labute approximate surface area is 169 Å². The lowest BCUT2D eigenvalue weighted by molar-refractivity contribution is -0.465. The predicted molar refractivity (Wildman–Crippen MR) is 105 cm³/mol. The van der Waals surface area contributed by atoms with Crippen molar-refractivity contribution in [3.63, 3.8) is 0 Å². The summed E-state index contributed by atoms with van der Waals surface area (Å²) < 4.78 is 5.17. The molecule has 1 amide bonds. The quantitative estimate of drug-likeness (QED) is 0.409. The number of para-hydroxylation sites is 2. The lowest BCUT2D eigenvalue weighted by Gasteiger charge is -2.26. The van der Waals surface area contributed by atoms with E-state index in [0.717, 1.165) is 5.23 Å². The average molecular weight is 400 g/mol. The fourth-order valence-corrected chi connectivity index (χ4v) is 2.03. The van der Waals surface area contributed by atoms with Gasteiger partial charge in [-0.05, 0) is 52.0 Å². The lowest BCUT2D eigenvalue weighted by Crippen LogP contribution is -2.44. The summed E-state index contributed by atoms with van der Waals surface area (Å²) in [4.78, 5) is 39.7. The maximum absolute atomic E-state index is 12.0. The Morgan fingerprint density at radius 3 is 2.07 bits per heavy atom. The third kappa shape index (κ3) is 7.67. The summed E-state index contributed by atoms with van der Waals surface area (Å²) in [5, 5.41) is 3.29. The van der Waals surface area contributed by atoms with Gasteiger partial charge >= 0.3 is 6.09 Å². The Morgan fingerprint density at radius 2 is 1.55 bits per heavy atom. The fourth-order valence-electron chi connectivity index (χ4n) is 2.03. The van der Waals surface area contributed by atoms with Crippen LogP contribution in [0.25, 0.3) is 0 Å². The standard InChI is InChI=1S/C21H24N2O6/c1-16(19(15-24)22-20(25)26-21(2,3)4)23(27-17-11-7-5-8-12-17)29-28-18-13-9-6-10-14-18/h5-14,16H,1-4H3,(H,22,25). The summed E-state index contributed by atoms with van der Waals surface area (Å²) in [7, 11) is 0. The van der Waals surface area contributed by atoms with Gasteiger partial charge in [0.25, 0.3) is 0 Å². The second-order valence-electron chi connectivity index (χ2n) is 6.98. The zero-order chi connectivity index (χ0) is 21.3. The average Bonchev–Trinajstić information content (AvgIpc) is 2.69. The van der Waals surface area contributed by atoms with Crippen molar-refractivity contribution in [2.24, 2.45) is 0 Å². The van der Waals surface area contributed by atoms with Gasteiger partial charge in [-0.1, -0.05) is 41.4 Å². The van der Waals surface area contributed by atoms with Crippen LogP contribution in [0.3, 0.4) is 0 Å². The van der Waals surface area contributed by atoms with Crippen LogP contribution in [0, 0.1) is 0 Å². The summed E-state index contributed by atoms with van der Waals surface area (Å²) in [6, 6.07) is 16.6. The van der Waals surface area contributed by atoms with E-state index in [2.05, 4.69) is 5.32 Å². The smallest absolute Gasteiger partial charge is 0.412 e. The molecule has 0 bridgehead atoms. The molecule has 2 aromatic rings. The van der Waals surface area contributed by atoms with E-state index in [1.54, 1.807) is 82.2 Å². The molecule has 1 atom stereocenters. The van der Waals surface area contributed by atoms with Crippen LogP contribution >= 0.6 is 0 Å². The van der Waals surface area contributed by atoms with E-state index in [1.165, 1.54) is 0 Å². The first kappa shape index (κ1) is 22.0. The van der Waals surface area contributed by atoms with Crippen molar-refractivity contribution in [3.05, 3.63) is 66.4 Å². The van der Waals surface area contributed by atoms with Gasteiger partial charge in [0.15, 0.2) is 11.5 Å². The molecule has 8 nitrogen and oxygen atoms in total. The summed E-state index contributed by atoms with van der Waals surface area (Å²) in [6.07, 6.45) is -0.800. The van der Waals surface area contributed by atoms with Gasteiger partial charge in [0, 0.05) is 5.23 Å². The summed E-state index contributed by atoms with van der Waals surface area (Å²) in [5.74, 6) is 2.52. The van der Waals surface area contributed by atoms with E-state index in [-0.39, 0.29) is 5.70 Å². The van der Waals surface area contributed by atoms with Crippen LogP contribution in [0.4, 0.5) is 4.79 Å². The van der Waals surface area contributed by atoms with Crippen molar-refractivity contribution >= 4 is 12.0 Å². The van der Waals surface area contributed by atoms with Crippen LogP contribution in [0.15, 0.2) is 66.4 Å². The maximum atomic E-state index is 12.0. The molecular formula is C21H24N2O6. The molecule has 1 unspecified atom stereocenters. The van der Waals surface area contributed by atoms with Gasteiger partial charge < -0.3 is 14.5 Å². The number of nitrogens with one attached hydrogen (secondary N) is 1. The lowest BCUT2D eigenvalue weighted by atomic mass is 10.2. The second-order valence-corrected chi connectivity index (χ2v) is 6.98. The molecule has 2 rings (SSSR count). The molecule has 0 saturated carbocycles. The summed E-state index contributed by atoms with van der Waals surface area (Å²) in [6.45, 7) is 6.70. The molecule has 0 aliphatic rings. The molecule has 0 heterocycles. The first-order valence-corrected chi connectivity index (χ1v) is 8.95. The van der Waals surface area contributed by atoms with Gasteiger partial charge in [0.1, 0.15) is 23.3 Å². The van der Waals surface area contributed by atoms with Crippen molar-refractivity contribution in [1.82, 2.24) is 10.5 Å². The van der Waals surface area contributed by atoms with Crippen molar-refractivity contribution in [2.45, 2.75) is 39.3 Å². The normalized spacial score (nSPS) is 11.9. The number of alkyl carbamates (subject to hydrolysis) is 1. The van der Waals surface area contributed by atoms with Crippen LogP contribution in [-0.4, -0.2) is 28.9 Å². The molecule has 0 saturated heterocycles. The van der Waals surface area contributed by atoms with E-state index < -0.39 is 17.7 Å². The Morgan fingerprint density at radius 1 is 1.00 bits per heavy atom. The van der Waals surface area contributed by atoms with Gasteiger partial charge in [0.05, 0.1) is 0 Å². The molecule has 0 aliphatic carbocycles. The van der Waals surface area contributed by atoms with Gasteiger partial charge in [0.2, 0.25) is 0 Å². The van der Waals surface area contributed by atoms with Gasteiger partial charge in [-0.2, -0.15) is 0 Å². The number of rotatable bonds is 8.